The van der Waals surface area contributed by atoms with Gasteiger partial charge in [0.05, 0.1) is 16.1 Å². The largest absolute Gasteiger partial charge is 0.508 e. The second-order valence-electron chi connectivity index (χ2n) is 4.01. The van der Waals surface area contributed by atoms with Gasteiger partial charge < -0.3 is 5.11 Å². The number of benzene rings is 2. The molecule has 3 heteroatoms. The van der Waals surface area contributed by atoms with E-state index in [-0.39, 0.29) is 0 Å². The van der Waals surface area contributed by atoms with E-state index in [0.717, 1.165) is 16.5 Å². The SMILES string of the molecule is Cc1ncsc1-c1ccc2cc(O)ccc2c1. The van der Waals surface area contributed by atoms with Gasteiger partial charge >= 0.3 is 0 Å². The van der Waals surface area contributed by atoms with Crippen LogP contribution in [0.5, 0.6) is 5.75 Å². The minimum atomic E-state index is 0.305. The Labute approximate surface area is 103 Å². The Hall–Kier alpha value is -1.87. The quantitative estimate of drug-likeness (QED) is 0.699. The molecule has 2 aromatic carbocycles. The summed E-state index contributed by atoms with van der Waals surface area (Å²) in [5.41, 5.74) is 4.11. The number of hydrogen-bond donors (Lipinski definition) is 1. The standard InChI is InChI=1S/C14H11NOS/c1-9-14(17-8-15-9)12-3-2-11-7-13(16)5-4-10(11)6-12/h2-8,16H,1H3. The third-order valence-electron chi connectivity index (χ3n) is 2.83. The van der Waals surface area contributed by atoms with E-state index in [9.17, 15) is 5.11 Å². The normalized spacial score (nSPS) is 10.9. The third-order valence-corrected chi connectivity index (χ3v) is 3.81. The molecule has 1 heterocycles. The number of rotatable bonds is 1. The molecule has 0 spiro atoms. The van der Waals surface area contributed by atoms with Gasteiger partial charge in [0.1, 0.15) is 5.75 Å². The summed E-state index contributed by atoms with van der Waals surface area (Å²) in [7, 11) is 0. The third kappa shape index (κ3) is 1.78. The molecule has 2 nitrogen and oxygen atoms in total. The van der Waals surface area contributed by atoms with Crippen molar-refractivity contribution in [3.8, 4) is 16.2 Å². The fourth-order valence-electron chi connectivity index (χ4n) is 1.95. The highest BCUT2D eigenvalue weighted by molar-refractivity contribution is 7.13. The molecule has 17 heavy (non-hydrogen) atoms. The number of nitrogens with zero attached hydrogens (tertiary/aromatic N) is 1. The van der Waals surface area contributed by atoms with Crippen molar-refractivity contribution in [1.82, 2.24) is 4.98 Å². The van der Waals surface area contributed by atoms with Crippen molar-refractivity contribution >= 4 is 22.1 Å². The molecule has 0 bridgehead atoms. The molecule has 1 aromatic heterocycles. The minimum Gasteiger partial charge on any atom is -0.508 e. The summed E-state index contributed by atoms with van der Waals surface area (Å²) in [5.74, 6) is 0.305. The molecule has 0 aliphatic rings. The van der Waals surface area contributed by atoms with E-state index in [0.29, 0.717) is 5.75 Å². The van der Waals surface area contributed by atoms with Crippen molar-refractivity contribution in [3.05, 3.63) is 47.6 Å². The Morgan fingerprint density at radius 2 is 1.82 bits per heavy atom. The van der Waals surface area contributed by atoms with Crippen molar-refractivity contribution in [1.29, 1.82) is 0 Å². The average Bonchev–Trinajstić information content (AvgIpc) is 2.75. The van der Waals surface area contributed by atoms with Gasteiger partial charge in [-0.2, -0.15) is 0 Å². The maximum absolute atomic E-state index is 9.42. The molecule has 0 aliphatic heterocycles. The maximum atomic E-state index is 9.42. The molecule has 0 atom stereocenters. The molecule has 0 saturated heterocycles. The van der Waals surface area contributed by atoms with E-state index >= 15 is 0 Å². The highest BCUT2D eigenvalue weighted by Crippen LogP contribution is 2.30. The number of hydrogen-bond acceptors (Lipinski definition) is 3. The van der Waals surface area contributed by atoms with Crippen LogP contribution < -0.4 is 0 Å². The van der Waals surface area contributed by atoms with Crippen LogP contribution in [-0.4, -0.2) is 10.1 Å². The van der Waals surface area contributed by atoms with E-state index in [1.165, 1.54) is 10.4 Å². The van der Waals surface area contributed by atoms with E-state index in [2.05, 4.69) is 17.1 Å². The van der Waals surface area contributed by atoms with Gasteiger partial charge in [0, 0.05) is 0 Å². The van der Waals surface area contributed by atoms with E-state index in [1.54, 1.807) is 23.5 Å². The van der Waals surface area contributed by atoms with Crippen molar-refractivity contribution in [3.63, 3.8) is 0 Å². The van der Waals surface area contributed by atoms with Crippen LogP contribution in [0.3, 0.4) is 0 Å². The Morgan fingerprint density at radius 3 is 2.59 bits per heavy atom. The smallest absolute Gasteiger partial charge is 0.116 e. The lowest BCUT2D eigenvalue weighted by molar-refractivity contribution is 0.476. The first-order chi connectivity index (χ1) is 8.24. The zero-order chi connectivity index (χ0) is 11.8. The number of phenolic OH excluding ortho intramolecular Hbond substituents is 1. The first kappa shape index (κ1) is 10.3. The summed E-state index contributed by atoms with van der Waals surface area (Å²) < 4.78 is 0. The van der Waals surface area contributed by atoms with Gasteiger partial charge in [-0.15, -0.1) is 11.3 Å². The van der Waals surface area contributed by atoms with Crippen molar-refractivity contribution in [2.24, 2.45) is 0 Å². The lowest BCUT2D eigenvalue weighted by Gasteiger charge is -2.03. The van der Waals surface area contributed by atoms with Crippen LogP contribution >= 0.6 is 11.3 Å². The zero-order valence-electron chi connectivity index (χ0n) is 9.34. The highest BCUT2D eigenvalue weighted by atomic mass is 32.1. The van der Waals surface area contributed by atoms with Crippen molar-refractivity contribution < 1.29 is 5.11 Å². The van der Waals surface area contributed by atoms with Gasteiger partial charge in [-0.3, -0.25) is 0 Å². The molecule has 0 saturated carbocycles. The molecule has 84 valence electrons. The van der Waals surface area contributed by atoms with Crippen molar-refractivity contribution in [2.45, 2.75) is 6.92 Å². The number of aryl methyl sites for hydroxylation is 1. The number of fused-ring (bicyclic) bond motifs is 1. The average molecular weight is 241 g/mol. The maximum Gasteiger partial charge on any atom is 0.116 e. The zero-order valence-corrected chi connectivity index (χ0v) is 10.2. The Bertz CT molecular complexity index is 688. The fourth-order valence-corrected chi connectivity index (χ4v) is 2.76. The van der Waals surface area contributed by atoms with Crippen LogP contribution in [0.2, 0.25) is 0 Å². The molecular formula is C14H11NOS. The van der Waals surface area contributed by atoms with Crippen LogP contribution in [-0.2, 0) is 0 Å². The summed E-state index contributed by atoms with van der Waals surface area (Å²) in [4.78, 5) is 5.47. The predicted molar refractivity (Wildman–Crippen MR) is 71.5 cm³/mol. The Balaban J connectivity index is 2.20. The minimum absolute atomic E-state index is 0.305. The molecule has 3 rings (SSSR count). The molecule has 3 aromatic rings. The number of thiazole rings is 1. The summed E-state index contributed by atoms with van der Waals surface area (Å²) in [6, 6.07) is 11.7. The lowest BCUT2D eigenvalue weighted by atomic mass is 10.1. The second-order valence-corrected chi connectivity index (χ2v) is 4.87. The van der Waals surface area contributed by atoms with Crippen LogP contribution in [0.25, 0.3) is 21.2 Å². The van der Waals surface area contributed by atoms with E-state index in [4.69, 9.17) is 0 Å². The van der Waals surface area contributed by atoms with Gasteiger partial charge in [0.2, 0.25) is 0 Å². The molecule has 0 fully saturated rings. The summed E-state index contributed by atoms with van der Waals surface area (Å²) >= 11 is 1.65. The molecule has 0 aliphatic carbocycles. The van der Waals surface area contributed by atoms with Gasteiger partial charge in [-0.25, -0.2) is 4.98 Å². The van der Waals surface area contributed by atoms with E-state index < -0.39 is 0 Å². The first-order valence-corrected chi connectivity index (χ1v) is 6.25. The van der Waals surface area contributed by atoms with Gasteiger partial charge in [-0.1, -0.05) is 18.2 Å². The van der Waals surface area contributed by atoms with Crippen molar-refractivity contribution in [2.75, 3.05) is 0 Å². The summed E-state index contributed by atoms with van der Waals surface area (Å²) in [6.07, 6.45) is 0. The highest BCUT2D eigenvalue weighted by Gasteiger charge is 2.05. The molecule has 1 N–H and O–H groups in total. The molecular weight excluding hydrogens is 230 g/mol. The number of aromatic nitrogens is 1. The lowest BCUT2D eigenvalue weighted by Crippen LogP contribution is -1.79. The predicted octanol–water partition coefficient (Wildman–Crippen LogP) is 3.98. The Morgan fingerprint density at radius 1 is 1.06 bits per heavy atom. The number of phenols is 1. The topological polar surface area (TPSA) is 33.1 Å². The van der Waals surface area contributed by atoms with E-state index in [1.807, 2.05) is 24.6 Å². The van der Waals surface area contributed by atoms with Gasteiger partial charge in [0.15, 0.2) is 0 Å². The number of aromatic hydroxyl groups is 1. The van der Waals surface area contributed by atoms with Crippen LogP contribution in [0.15, 0.2) is 41.9 Å². The van der Waals surface area contributed by atoms with Gasteiger partial charge in [-0.05, 0) is 41.5 Å². The first-order valence-electron chi connectivity index (χ1n) is 5.37. The summed E-state index contributed by atoms with van der Waals surface area (Å²) in [5, 5.41) is 11.6. The molecule has 0 amide bonds. The van der Waals surface area contributed by atoms with Gasteiger partial charge in [0.25, 0.3) is 0 Å². The second kappa shape index (κ2) is 3.86. The summed E-state index contributed by atoms with van der Waals surface area (Å²) in [6.45, 7) is 2.02. The molecule has 0 unspecified atom stereocenters. The molecule has 0 radical (unpaired) electrons. The van der Waals surface area contributed by atoms with Crippen LogP contribution in [0.1, 0.15) is 5.69 Å². The van der Waals surface area contributed by atoms with Crippen LogP contribution in [0.4, 0.5) is 0 Å². The monoisotopic (exact) mass is 241 g/mol. The Kier molecular flexibility index (Phi) is 2.34. The fraction of sp³-hybridized carbons (Fsp3) is 0.0714. The van der Waals surface area contributed by atoms with Crippen LogP contribution in [0, 0.1) is 6.92 Å².